The van der Waals surface area contributed by atoms with E-state index in [-0.39, 0.29) is 17.9 Å². The minimum Gasteiger partial charge on any atom is -0.324 e. The van der Waals surface area contributed by atoms with Crippen LogP contribution >= 0.6 is 11.6 Å². The zero-order valence-corrected chi connectivity index (χ0v) is 10.2. The summed E-state index contributed by atoms with van der Waals surface area (Å²) in [6.07, 6.45) is 5.91. The molecule has 0 fully saturated rings. The molecule has 0 saturated heterocycles. The van der Waals surface area contributed by atoms with Gasteiger partial charge in [-0.25, -0.2) is 4.98 Å². The van der Waals surface area contributed by atoms with Crippen molar-refractivity contribution in [1.29, 1.82) is 0 Å². The SMILES string of the molecule is Cc1cc(NC(=O)C2C=CC(N)C2)cnc1Cl. The Bertz CT molecular complexity index is 473. The standard InChI is InChI=1S/C12H14ClN3O/c1-7-4-10(6-15-11(7)13)16-12(17)8-2-3-9(14)5-8/h2-4,6,8-9H,5,14H2,1H3,(H,16,17). The summed E-state index contributed by atoms with van der Waals surface area (Å²) in [5.41, 5.74) is 7.20. The van der Waals surface area contributed by atoms with E-state index in [9.17, 15) is 4.79 Å². The normalized spacial score (nSPS) is 22.8. The fourth-order valence-corrected chi connectivity index (χ4v) is 1.89. The molecule has 2 unspecified atom stereocenters. The highest BCUT2D eigenvalue weighted by molar-refractivity contribution is 6.30. The number of carbonyl (C=O) groups is 1. The van der Waals surface area contributed by atoms with Gasteiger partial charge in [0, 0.05) is 6.04 Å². The Balaban J connectivity index is 2.03. The zero-order valence-electron chi connectivity index (χ0n) is 9.48. The van der Waals surface area contributed by atoms with Crippen LogP contribution in [0.1, 0.15) is 12.0 Å². The molecule has 2 rings (SSSR count). The highest BCUT2D eigenvalue weighted by atomic mass is 35.5. The molecule has 1 heterocycles. The summed E-state index contributed by atoms with van der Waals surface area (Å²) in [5.74, 6) is -0.210. The van der Waals surface area contributed by atoms with Gasteiger partial charge in [-0.3, -0.25) is 4.79 Å². The number of halogens is 1. The smallest absolute Gasteiger partial charge is 0.231 e. The first kappa shape index (κ1) is 12.1. The van der Waals surface area contributed by atoms with Gasteiger partial charge in [0.1, 0.15) is 5.15 Å². The van der Waals surface area contributed by atoms with Crippen molar-refractivity contribution in [3.05, 3.63) is 35.1 Å². The monoisotopic (exact) mass is 251 g/mol. The number of nitrogens with one attached hydrogen (secondary N) is 1. The number of amides is 1. The highest BCUT2D eigenvalue weighted by Gasteiger charge is 2.22. The molecule has 1 aromatic heterocycles. The van der Waals surface area contributed by atoms with Crippen LogP contribution in [-0.2, 0) is 4.79 Å². The molecule has 1 aliphatic rings. The van der Waals surface area contributed by atoms with Crippen LogP contribution in [-0.4, -0.2) is 16.9 Å². The number of pyridine rings is 1. The average Bonchev–Trinajstić information content (AvgIpc) is 2.70. The lowest BCUT2D eigenvalue weighted by molar-refractivity contribution is -0.118. The topological polar surface area (TPSA) is 68.0 Å². The van der Waals surface area contributed by atoms with Crippen LogP contribution in [0.15, 0.2) is 24.4 Å². The Hall–Kier alpha value is -1.39. The zero-order chi connectivity index (χ0) is 12.4. The number of carbonyl (C=O) groups excluding carboxylic acids is 1. The third-order valence-electron chi connectivity index (χ3n) is 2.74. The maximum absolute atomic E-state index is 11.9. The number of hydrogen-bond acceptors (Lipinski definition) is 3. The van der Waals surface area contributed by atoms with Crippen molar-refractivity contribution in [2.75, 3.05) is 5.32 Å². The van der Waals surface area contributed by atoms with E-state index in [1.165, 1.54) is 0 Å². The van der Waals surface area contributed by atoms with E-state index in [4.69, 9.17) is 17.3 Å². The largest absolute Gasteiger partial charge is 0.324 e. The second-order valence-corrected chi connectivity index (χ2v) is 4.57. The summed E-state index contributed by atoms with van der Waals surface area (Å²) < 4.78 is 0. The molecular weight excluding hydrogens is 238 g/mol. The predicted octanol–water partition coefficient (Wildman–Crippen LogP) is 1.89. The summed E-state index contributed by atoms with van der Waals surface area (Å²) in [6.45, 7) is 1.84. The van der Waals surface area contributed by atoms with Crippen molar-refractivity contribution < 1.29 is 4.79 Å². The average molecular weight is 252 g/mol. The molecule has 0 bridgehead atoms. The number of rotatable bonds is 2. The molecule has 0 aromatic carbocycles. The van der Waals surface area contributed by atoms with Crippen molar-refractivity contribution in [1.82, 2.24) is 4.98 Å². The summed E-state index contributed by atoms with van der Waals surface area (Å²) in [5, 5.41) is 3.26. The van der Waals surface area contributed by atoms with E-state index in [2.05, 4.69) is 10.3 Å². The molecule has 5 heteroatoms. The van der Waals surface area contributed by atoms with Crippen molar-refractivity contribution in [3.8, 4) is 0 Å². The number of aromatic nitrogens is 1. The van der Waals surface area contributed by atoms with Crippen LogP contribution in [0, 0.1) is 12.8 Å². The summed E-state index contributed by atoms with van der Waals surface area (Å²) in [4.78, 5) is 15.9. The lowest BCUT2D eigenvalue weighted by Crippen LogP contribution is -2.24. The number of hydrogen-bond donors (Lipinski definition) is 2. The van der Waals surface area contributed by atoms with Crippen molar-refractivity contribution in [2.45, 2.75) is 19.4 Å². The molecule has 0 saturated carbocycles. The molecule has 2 atom stereocenters. The minimum atomic E-state index is -0.152. The number of aryl methyl sites for hydroxylation is 1. The van der Waals surface area contributed by atoms with Gasteiger partial charge in [-0.1, -0.05) is 23.8 Å². The van der Waals surface area contributed by atoms with Gasteiger partial charge in [0.2, 0.25) is 5.91 Å². The van der Waals surface area contributed by atoms with Gasteiger partial charge in [-0.05, 0) is 25.0 Å². The highest BCUT2D eigenvalue weighted by Crippen LogP contribution is 2.20. The van der Waals surface area contributed by atoms with Gasteiger partial charge < -0.3 is 11.1 Å². The van der Waals surface area contributed by atoms with Gasteiger partial charge in [0.15, 0.2) is 0 Å². The Kier molecular flexibility index (Phi) is 3.45. The maximum Gasteiger partial charge on any atom is 0.231 e. The summed E-state index contributed by atoms with van der Waals surface area (Å²) in [7, 11) is 0. The molecule has 4 nitrogen and oxygen atoms in total. The molecule has 17 heavy (non-hydrogen) atoms. The third kappa shape index (κ3) is 2.84. The first-order chi connectivity index (χ1) is 8.06. The van der Waals surface area contributed by atoms with Crippen LogP contribution < -0.4 is 11.1 Å². The Morgan fingerprint density at radius 3 is 2.94 bits per heavy atom. The molecule has 1 aromatic rings. The van der Waals surface area contributed by atoms with Gasteiger partial charge in [0.05, 0.1) is 17.8 Å². The molecule has 0 spiro atoms. The van der Waals surface area contributed by atoms with Crippen LogP contribution in [0.4, 0.5) is 5.69 Å². The molecule has 90 valence electrons. The van der Waals surface area contributed by atoms with Crippen LogP contribution in [0.5, 0.6) is 0 Å². The molecule has 1 aliphatic carbocycles. The van der Waals surface area contributed by atoms with Crippen LogP contribution in [0.25, 0.3) is 0 Å². The molecule has 1 amide bonds. The number of nitrogens with zero attached hydrogens (tertiary/aromatic N) is 1. The fraction of sp³-hybridized carbons (Fsp3) is 0.333. The molecule has 0 radical (unpaired) electrons. The van der Waals surface area contributed by atoms with Crippen LogP contribution in [0.2, 0.25) is 5.15 Å². The second kappa shape index (κ2) is 4.85. The molecule has 3 N–H and O–H groups in total. The van der Waals surface area contributed by atoms with E-state index in [0.29, 0.717) is 17.3 Å². The maximum atomic E-state index is 11.9. The van der Waals surface area contributed by atoms with E-state index >= 15 is 0 Å². The predicted molar refractivity (Wildman–Crippen MR) is 67.8 cm³/mol. The first-order valence-electron chi connectivity index (χ1n) is 5.43. The van der Waals surface area contributed by atoms with E-state index in [0.717, 1.165) is 5.56 Å². The molecular formula is C12H14ClN3O. The lowest BCUT2D eigenvalue weighted by Gasteiger charge is -2.10. The van der Waals surface area contributed by atoms with E-state index in [1.54, 1.807) is 12.3 Å². The fourth-order valence-electron chi connectivity index (χ4n) is 1.78. The molecule has 0 aliphatic heterocycles. The third-order valence-corrected chi connectivity index (χ3v) is 3.13. The second-order valence-electron chi connectivity index (χ2n) is 4.21. The van der Waals surface area contributed by atoms with Gasteiger partial charge in [0.25, 0.3) is 0 Å². The Morgan fingerprint density at radius 1 is 1.59 bits per heavy atom. The van der Waals surface area contributed by atoms with Gasteiger partial charge >= 0.3 is 0 Å². The quantitative estimate of drug-likeness (QED) is 0.623. The lowest BCUT2D eigenvalue weighted by atomic mass is 10.1. The summed E-state index contributed by atoms with van der Waals surface area (Å²) >= 11 is 5.81. The summed E-state index contributed by atoms with van der Waals surface area (Å²) in [6, 6.07) is 1.78. The number of anilines is 1. The van der Waals surface area contributed by atoms with E-state index in [1.807, 2.05) is 19.1 Å². The van der Waals surface area contributed by atoms with E-state index < -0.39 is 0 Å². The Labute approximate surface area is 105 Å². The van der Waals surface area contributed by atoms with Gasteiger partial charge in [-0.2, -0.15) is 0 Å². The Morgan fingerprint density at radius 2 is 2.35 bits per heavy atom. The van der Waals surface area contributed by atoms with Crippen molar-refractivity contribution >= 4 is 23.2 Å². The van der Waals surface area contributed by atoms with Crippen LogP contribution in [0.3, 0.4) is 0 Å². The van der Waals surface area contributed by atoms with Crippen molar-refractivity contribution in [3.63, 3.8) is 0 Å². The van der Waals surface area contributed by atoms with Crippen molar-refractivity contribution in [2.24, 2.45) is 11.7 Å². The number of nitrogens with two attached hydrogens (primary N) is 1. The first-order valence-corrected chi connectivity index (χ1v) is 5.81. The van der Waals surface area contributed by atoms with Gasteiger partial charge in [-0.15, -0.1) is 0 Å². The minimum absolute atomic E-state index is 0.0178.